The maximum Gasteiger partial charge on any atom is 0.222 e. The number of hydrogen-bond acceptors (Lipinski definition) is 6. The predicted molar refractivity (Wildman–Crippen MR) is 98.5 cm³/mol. The van der Waals surface area contributed by atoms with E-state index in [9.17, 15) is 0 Å². The molecule has 0 fully saturated rings. The first kappa shape index (κ1) is 17.1. The highest BCUT2D eigenvalue weighted by atomic mass is 127. The van der Waals surface area contributed by atoms with Crippen LogP contribution in [0.3, 0.4) is 0 Å². The standard InChI is InChI=1S/C16H17IN4O2/c1-4-5-22-13-6-10(9(2)3)12(7-11(13)17)23-14-8-20-16(19)21-15(14)18/h1,6-9H,5H2,2-3H3,(H4,18,19,20,21). The quantitative estimate of drug-likeness (QED) is 0.566. The molecule has 0 unspecified atom stereocenters. The van der Waals surface area contributed by atoms with E-state index >= 15 is 0 Å². The van der Waals surface area contributed by atoms with E-state index in [4.69, 9.17) is 27.4 Å². The monoisotopic (exact) mass is 424 g/mol. The van der Waals surface area contributed by atoms with Crippen LogP contribution in [0.1, 0.15) is 25.3 Å². The molecule has 0 saturated heterocycles. The second-order valence-corrected chi connectivity index (χ2v) is 6.21. The molecular formula is C16H17IN4O2. The summed E-state index contributed by atoms with van der Waals surface area (Å²) in [5.41, 5.74) is 12.3. The van der Waals surface area contributed by atoms with Crippen LogP contribution >= 0.6 is 22.6 Å². The van der Waals surface area contributed by atoms with Crippen molar-refractivity contribution in [2.75, 3.05) is 18.1 Å². The Morgan fingerprint density at radius 3 is 2.61 bits per heavy atom. The molecule has 0 radical (unpaired) electrons. The van der Waals surface area contributed by atoms with Crippen LogP contribution in [0.4, 0.5) is 11.8 Å². The lowest BCUT2D eigenvalue weighted by molar-refractivity contribution is 0.365. The van der Waals surface area contributed by atoms with Gasteiger partial charge in [0.2, 0.25) is 5.95 Å². The molecule has 0 aliphatic carbocycles. The summed E-state index contributed by atoms with van der Waals surface area (Å²) < 4.78 is 12.3. The number of aromatic nitrogens is 2. The zero-order chi connectivity index (χ0) is 17.0. The van der Waals surface area contributed by atoms with E-state index < -0.39 is 0 Å². The zero-order valence-electron chi connectivity index (χ0n) is 12.8. The number of terminal acetylenes is 1. The molecule has 7 heteroatoms. The van der Waals surface area contributed by atoms with Gasteiger partial charge in [0.05, 0.1) is 9.77 Å². The third-order valence-corrected chi connectivity index (χ3v) is 3.86. The van der Waals surface area contributed by atoms with Gasteiger partial charge >= 0.3 is 0 Å². The van der Waals surface area contributed by atoms with E-state index in [-0.39, 0.29) is 24.3 Å². The molecular weight excluding hydrogens is 407 g/mol. The summed E-state index contributed by atoms with van der Waals surface area (Å²) >= 11 is 2.17. The van der Waals surface area contributed by atoms with E-state index in [1.54, 1.807) is 0 Å². The van der Waals surface area contributed by atoms with Gasteiger partial charge in [-0.2, -0.15) is 4.98 Å². The molecule has 0 aliphatic rings. The highest BCUT2D eigenvalue weighted by Gasteiger charge is 2.16. The van der Waals surface area contributed by atoms with Crippen molar-refractivity contribution in [3.05, 3.63) is 27.5 Å². The minimum atomic E-state index is 0.103. The molecule has 0 spiro atoms. The Hall–Kier alpha value is -2.21. The zero-order valence-corrected chi connectivity index (χ0v) is 15.0. The summed E-state index contributed by atoms with van der Waals surface area (Å²) in [7, 11) is 0. The van der Waals surface area contributed by atoms with E-state index in [1.807, 2.05) is 12.1 Å². The summed E-state index contributed by atoms with van der Waals surface area (Å²) in [6, 6.07) is 3.80. The molecule has 2 aromatic rings. The van der Waals surface area contributed by atoms with Crippen molar-refractivity contribution >= 4 is 34.4 Å². The lowest BCUT2D eigenvalue weighted by Gasteiger charge is -2.17. The SMILES string of the molecule is C#CCOc1cc(C(C)C)c(Oc2cnc(N)nc2N)cc1I. The maximum atomic E-state index is 5.89. The molecule has 2 rings (SSSR count). The molecule has 0 aliphatic heterocycles. The molecule has 120 valence electrons. The van der Waals surface area contributed by atoms with Crippen LogP contribution in [0.2, 0.25) is 0 Å². The van der Waals surface area contributed by atoms with Crippen molar-refractivity contribution in [2.45, 2.75) is 19.8 Å². The first-order chi connectivity index (χ1) is 10.9. The van der Waals surface area contributed by atoms with Gasteiger partial charge < -0.3 is 20.9 Å². The van der Waals surface area contributed by atoms with Gasteiger partial charge in [-0.15, -0.1) is 6.42 Å². The number of hydrogen-bond donors (Lipinski definition) is 2. The first-order valence-electron chi connectivity index (χ1n) is 6.88. The van der Waals surface area contributed by atoms with Gasteiger partial charge in [0.15, 0.2) is 11.6 Å². The number of rotatable bonds is 5. The van der Waals surface area contributed by atoms with Crippen LogP contribution in [0.15, 0.2) is 18.3 Å². The van der Waals surface area contributed by atoms with E-state index in [0.717, 1.165) is 14.9 Å². The fourth-order valence-corrected chi connectivity index (χ4v) is 2.51. The average molecular weight is 424 g/mol. The largest absolute Gasteiger partial charge is 0.480 e. The van der Waals surface area contributed by atoms with E-state index in [1.165, 1.54) is 6.20 Å². The Bertz CT molecular complexity index is 756. The Labute approximate surface area is 148 Å². The molecule has 23 heavy (non-hydrogen) atoms. The van der Waals surface area contributed by atoms with Crippen LogP contribution < -0.4 is 20.9 Å². The van der Waals surface area contributed by atoms with Crippen LogP contribution in [-0.2, 0) is 0 Å². The predicted octanol–water partition coefficient (Wildman–Crippen LogP) is 3.17. The van der Waals surface area contributed by atoms with Crippen LogP contribution in [0, 0.1) is 15.9 Å². The van der Waals surface area contributed by atoms with Gasteiger partial charge in [0.1, 0.15) is 18.1 Å². The minimum absolute atomic E-state index is 0.103. The summed E-state index contributed by atoms with van der Waals surface area (Å²) in [6.07, 6.45) is 6.70. The average Bonchev–Trinajstić information content (AvgIpc) is 2.49. The van der Waals surface area contributed by atoms with Crippen LogP contribution in [-0.4, -0.2) is 16.6 Å². The summed E-state index contributed by atoms with van der Waals surface area (Å²) in [6.45, 7) is 4.33. The smallest absolute Gasteiger partial charge is 0.222 e. The third kappa shape index (κ3) is 4.16. The molecule has 4 N–H and O–H groups in total. The minimum Gasteiger partial charge on any atom is -0.480 e. The van der Waals surface area contributed by atoms with Crippen molar-refractivity contribution < 1.29 is 9.47 Å². The van der Waals surface area contributed by atoms with Crippen molar-refractivity contribution in [1.82, 2.24) is 9.97 Å². The molecule has 1 aromatic heterocycles. The topological polar surface area (TPSA) is 96.3 Å². The summed E-state index contributed by atoms with van der Waals surface area (Å²) in [5, 5.41) is 0. The lowest BCUT2D eigenvalue weighted by Crippen LogP contribution is -2.04. The highest BCUT2D eigenvalue weighted by Crippen LogP contribution is 2.37. The Morgan fingerprint density at radius 2 is 2.00 bits per heavy atom. The van der Waals surface area contributed by atoms with E-state index in [0.29, 0.717) is 11.5 Å². The van der Waals surface area contributed by atoms with Crippen molar-refractivity contribution in [3.63, 3.8) is 0 Å². The number of nitrogens with two attached hydrogens (primary N) is 2. The van der Waals surface area contributed by atoms with E-state index in [2.05, 4.69) is 52.3 Å². The Kier molecular flexibility index (Phi) is 5.50. The number of halogens is 1. The molecule has 0 atom stereocenters. The maximum absolute atomic E-state index is 5.89. The molecule has 6 nitrogen and oxygen atoms in total. The van der Waals surface area contributed by atoms with Crippen molar-refractivity contribution in [2.24, 2.45) is 0 Å². The van der Waals surface area contributed by atoms with Gasteiger partial charge in [-0.1, -0.05) is 19.8 Å². The molecule has 1 heterocycles. The van der Waals surface area contributed by atoms with Gasteiger partial charge in [-0.25, -0.2) is 4.98 Å². The number of nitrogen functional groups attached to an aromatic ring is 2. The first-order valence-corrected chi connectivity index (χ1v) is 7.95. The van der Waals surface area contributed by atoms with Crippen LogP contribution in [0.5, 0.6) is 17.2 Å². The van der Waals surface area contributed by atoms with Crippen molar-refractivity contribution in [3.8, 4) is 29.6 Å². The Morgan fingerprint density at radius 1 is 1.26 bits per heavy atom. The highest BCUT2D eigenvalue weighted by molar-refractivity contribution is 14.1. The van der Waals surface area contributed by atoms with Gasteiger partial charge in [0, 0.05) is 5.56 Å². The van der Waals surface area contributed by atoms with Crippen molar-refractivity contribution in [1.29, 1.82) is 0 Å². The fraction of sp³-hybridized carbons (Fsp3) is 0.250. The Balaban J connectivity index is 2.41. The molecule has 1 aromatic carbocycles. The summed E-state index contributed by atoms with van der Waals surface area (Å²) in [5.74, 6) is 4.71. The fourth-order valence-electron chi connectivity index (χ4n) is 1.92. The molecule has 0 bridgehead atoms. The second-order valence-electron chi connectivity index (χ2n) is 5.05. The molecule has 0 saturated carbocycles. The molecule has 0 amide bonds. The summed E-state index contributed by atoms with van der Waals surface area (Å²) in [4.78, 5) is 7.80. The normalized spacial score (nSPS) is 10.4. The van der Waals surface area contributed by atoms with Gasteiger partial charge in [-0.3, -0.25) is 0 Å². The second kappa shape index (κ2) is 7.37. The third-order valence-electron chi connectivity index (χ3n) is 3.02. The van der Waals surface area contributed by atoms with Gasteiger partial charge in [0.25, 0.3) is 0 Å². The number of anilines is 2. The number of benzene rings is 1. The number of ether oxygens (including phenoxy) is 2. The lowest BCUT2D eigenvalue weighted by atomic mass is 10.0. The van der Waals surface area contributed by atoms with Crippen LogP contribution in [0.25, 0.3) is 0 Å². The van der Waals surface area contributed by atoms with Gasteiger partial charge in [-0.05, 0) is 40.6 Å². The number of nitrogens with zero attached hydrogens (tertiary/aromatic N) is 2.